The van der Waals surface area contributed by atoms with Crippen LogP contribution in [0.3, 0.4) is 0 Å². The molecule has 1 aromatic carbocycles. The molecule has 0 heterocycles. The zero-order valence-corrected chi connectivity index (χ0v) is 27.4. The highest BCUT2D eigenvalue weighted by Gasteiger charge is 2.37. The Kier molecular flexibility index (Phi) is 15.0. The monoisotopic (exact) mass is 600 g/mol. The fourth-order valence-electron chi connectivity index (χ4n) is 5.79. The van der Waals surface area contributed by atoms with E-state index in [1.54, 1.807) is 25.7 Å². The van der Waals surface area contributed by atoms with Crippen molar-refractivity contribution in [3.63, 3.8) is 0 Å². The quantitative estimate of drug-likeness (QED) is 0.196. The van der Waals surface area contributed by atoms with Gasteiger partial charge in [-0.05, 0) is 65.9 Å². The first-order chi connectivity index (χ1) is 20.3. The van der Waals surface area contributed by atoms with Crippen LogP contribution in [0, 0.1) is 13.8 Å². The maximum absolute atomic E-state index is 14.4. The number of hydrogen-bond acceptors (Lipinski definition) is 5. The van der Waals surface area contributed by atoms with E-state index in [-0.39, 0.29) is 24.8 Å². The summed E-state index contributed by atoms with van der Waals surface area (Å²) < 4.78 is 5.45. The van der Waals surface area contributed by atoms with Crippen LogP contribution in [0.5, 0.6) is 0 Å². The molecule has 0 saturated heterocycles. The van der Waals surface area contributed by atoms with Crippen molar-refractivity contribution >= 4 is 23.8 Å². The van der Waals surface area contributed by atoms with Gasteiger partial charge in [0.15, 0.2) is 0 Å². The smallest absolute Gasteiger partial charge is 0.408 e. The molecule has 2 atom stereocenters. The number of nitrogens with one attached hydrogen (secondary N) is 2. The van der Waals surface area contributed by atoms with Crippen molar-refractivity contribution in [1.29, 1.82) is 0 Å². The number of primary amides is 1. The van der Waals surface area contributed by atoms with Crippen molar-refractivity contribution < 1.29 is 23.9 Å². The molecule has 0 radical (unpaired) electrons. The Balaban J connectivity index is 2.50. The van der Waals surface area contributed by atoms with Gasteiger partial charge in [0.25, 0.3) is 0 Å². The molecule has 1 aliphatic rings. The molecular formula is C34H56N4O5. The number of carbonyl (C=O) groups is 4. The summed E-state index contributed by atoms with van der Waals surface area (Å²) in [5.74, 6) is -1.22. The van der Waals surface area contributed by atoms with Crippen LogP contribution < -0.4 is 16.4 Å². The number of alkyl carbamates (subject to hydrolysis) is 1. The maximum Gasteiger partial charge on any atom is 0.408 e. The average Bonchev–Trinajstić information content (AvgIpc) is 2.90. The lowest BCUT2D eigenvalue weighted by molar-refractivity contribution is -0.143. The summed E-state index contributed by atoms with van der Waals surface area (Å²) in [5, 5.41) is 5.94. The van der Waals surface area contributed by atoms with E-state index in [9.17, 15) is 19.2 Å². The lowest BCUT2D eigenvalue weighted by Crippen LogP contribution is -2.54. The Hall–Kier alpha value is -3.10. The first-order valence-corrected chi connectivity index (χ1v) is 16.3. The second-order valence-corrected chi connectivity index (χ2v) is 13.2. The molecule has 1 aromatic rings. The van der Waals surface area contributed by atoms with Crippen LogP contribution in [0.1, 0.15) is 134 Å². The van der Waals surface area contributed by atoms with Crippen molar-refractivity contribution in [2.24, 2.45) is 5.73 Å². The third kappa shape index (κ3) is 13.4. The Bertz CT molecular complexity index is 1040. The summed E-state index contributed by atoms with van der Waals surface area (Å²) in [4.78, 5) is 54.8. The van der Waals surface area contributed by atoms with Crippen LogP contribution in [0.4, 0.5) is 4.79 Å². The minimum atomic E-state index is -1.08. The van der Waals surface area contributed by atoms with E-state index in [2.05, 4.69) is 17.6 Å². The van der Waals surface area contributed by atoms with Crippen molar-refractivity contribution in [2.45, 2.75) is 149 Å². The number of benzene rings is 1. The number of carbonyl (C=O) groups excluding carboxylic acids is 4. The van der Waals surface area contributed by atoms with Gasteiger partial charge >= 0.3 is 6.09 Å². The zero-order chi connectivity index (χ0) is 32.0. The number of aryl methyl sites for hydroxylation is 2. The molecule has 9 heteroatoms. The number of unbranched alkanes of at least 4 members (excludes halogenated alkanes) is 5. The van der Waals surface area contributed by atoms with Crippen molar-refractivity contribution in [2.75, 3.05) is 6.54 Å². The topological polar surface area (TPSA) is 131 Å². The van der Waals surface area contributed by atoms with Gasteiger partial charge in [-0.3, -0.25) is 14.4 Å². The van der Waals surface area contributed by atoms with E-state index in [1.165, 1.54) is 0 Å². The fraction of sp³-hybridized carbons (Fsp3) is 0.706. The van der Waals surface area contributed by atoms with Crippen LogP contribution in [0.2, 0.25) is 0 Å². The molecule has 43 heavy (non-hydrogen) atoms. The molecule has 0 spiro atoms. The number of nitrogens with two attached hydrogens (primary N) is 1. The van der Waals surface area contributed by atoms with E-state index in [0.29, 0.717) is 13.0 Å². The molecule has 0 aromatic heterocycles. The average molecular weight is 601 g/mol. The van der Waals surface area contributed by atoms with Crippen LogP contribution in [-0.2, 0) is 19.1 Å². The summed E-state index contributed by atoms with van der Waals surface area (Å²) in [5.41, 5.74) is 7.40. The van der Waals surface area contributed by atoms with E-state index in [0.717, 1.165) is 80.9 Å². The molecule has 1 aliphatic carbocycles. The molecule has 9 nitrogen and oxygen atoms in total. The van der Waals surface area contributed by atoms with Gasteiger partial charge in [-0.1, -0.05) is 87.6 Å². The number of hydrogen-bond donors (Lipinski definition) is 3. The van der Waals surface area contributed by atoms with Gasteiger partial charge in [0.2, 0.25) is 17.7 Å². The third-order valence-electron chi connectivity index (χ3n) is 7.78. The fourth-order valence-corrected chi connectivity index (χ4v) is 5.79. The Morgan fingerprint density at radius 1 is 0.953 bits per heavy atom. The summed E-state index contributed by atoms with van der Waals surface area (Å²) in [6.45, 7) is 11.7. The molecule has 0 bridgehead atoms. The molecule has 4 N–H and O–H groups in total. The number of ether oxygens (including phenoxy) is 1. The summed E-state index contributed by atoms with van der Waals surface area (Å²) in [7, 11) is 0. The van der Waals surface area contributed by atoms with Gasteiger partial charge in [-0.25, -0.2) is 4.79 Å². The highest BCUT2D eigenvalue weighted by Crippen LogP contribution is 2.28. The van der Waals surface area contributed by atoms with Crippen LogP contribution >= 0.6 is 0 Å². The van der Waals surface area contributed by atoms with Gasteiger partial charge in [-0.15, -0.1) is 0 Å². The molecule has 4 amide bonds. The number of amides is 4. The SMILES string of the molecule is CCCCCCCCN(C(=O)C(CCC(N)=O)NC(=O)OC(C)(C)C)C(C(=O)NC1CCCCC1)c1cc(C)cc(C)c1. The highest BCUT2D eigenvalue weighted by molar-refractivity contribution is 5.92. The van der Waals surface area contributed by atoms with Crippen molar-refractivity contribution in [1.82, 2.24) is 15.5 Å². The second-order valence-electron chi connectivity index (χ2n) is 13.2. The summed E-state index contributed by atoms with van der Waals surface area (Å²) in [6.07, 6.45) is 10.3. The summed E-state index contributed by atoms with van der Waals surface area (Å²) >= 11 is 0. The minimum Gasteiger partial charge on any atom is -0.444 e. The predicted molar refractivity (Wildman–Crippen MR) is 170 cm³/mol. The Morgan fingerprint density at radius 3 is 2.14 bits per heavy atom. The molecular weight excluding hydrogens is 544 g/mol. The first kappa shape index (κ1) is 36.1. The Morgan fingerprint density at radius 2 is 1.56 bits per heavy atom. The zero-order valence-electron chi connectivity index (χ0n) is 27.4. The lowest BCUT2D eigenvalue weighted by atomic mass is 9.93. The van der Waals surface area contributed by atoms with E-state index in [1.807, 2.05) is 32.0 Å². The molecule has 1 saturated carbocycles. The van der Waals surface area contributed by atoms with Gasteiger partial charge < -0.3 is 26.0 Å². The lowest BCUT2D eigenvalue weighted by Gasteiger charge is -2.36. The van der Waals surface area contributed by atoms with Crippen molar-refractivity contribution in [3.05, 3.63) is 34.9 Å². The van der Waals surface area contributed by atoms with Gasteiger partial charge in [0.05, 0.1) is 0 Å². The van der Waals surface area contributed by atoms with Gasteiger partial charge in [-0.2, -0.15) is 0 Å². The maximum atomic E-state index is 14.4. The Labute approximate surface area is 259 Å². The largest absolute Gasteiger partial charge is 0.444 e. The molecule has 2 rings (SSSR count). The van der Waals surface area contributed by atoms with Gasteiger partial charge in [0.1, 0.15) is 17.7 Å². The standard InChI is InChI=1S/C34H56N4O5/c1-7-8-9-10-11-15-20-38(32(41)28(18-19-29(35)39)37-33(42)43-34(4,5)6)30(26-22-24(2)21-25(3)23-26)31(40)36-27-16-13-12-14-17-27/h21-23,27-28,30H,7-20H2,1-6H3,(H2,35,39)(H,36,40)(H,37,42). The van der Waals surface area contributed by atoms with E-state index in [4.69, 9.17) is 10.5 Å². The molecule has 0 aliphatic heterocycles. The van der Waals surface area contributed by atoms with E-state index >= 15 is 0 Å². The minimum absolute atomic E-state index is 0.00419. The number of rotatable bonds is 16. The van der Waals surface area contributed by atoms with Crippen LogP contribution in [0.15, 0.2) is 18.2 Å². The molecule has 242 valence electrons. The molecule has 2 unspecified atom stereocenters. The predicted octanol–water partition coefficient (Wildman–Crippen LogP) is 6.14. The van der Waals surface area contributed by atoms with Crippen molar-refractivity contribution in [3.8, 4) is 0 Å². The van der Waals surface area contributed by atoms with Crippen LogP contribution in [-0.4, -0.2) is 52.9 Å². The second kappa shape index (κ2) is 17.9. The van der Waals surface area contributed by atoms with Crippen LogP contribution in [0.25, 0.3) is 0 Å². The first-order valence-electron chi connectivity index (χ1n) is 16.3. The summed E-state index contributed by atoms with van der Waals surface area (Å²) in [6, 6.07) is 4.04. The van der Waals surface area contributed by atoms with E-state index < -0.39 is 35.6 Å². The third-order valence-corrected chi connectivity index (χ3v) is 7.78. The number of nitrogens with zero attached hydrogens (tertiary/aromatic N) is 1. The van der Waals surface area contributed by atoms with Gasteiger partial charge in [0, 0.05) is 19.0 Å². The normalized spacial score (nSPS) is 15.3. The highest BCUT2D eigenvalue weighted by atomic mass is 16.6. The molecule has 1 fully saturated rings.